The number of ether oxygens (including phenoxy) is 3. The van der Waals surface area contributed by atoms with Crippen molar-refractivity contribution >= 4 is 11.9 Å². The summed E-state index contributed by atoms with van der Waals surface area (Å²) in [4.78, 5) is 23.5. The first kappa shape index (κ1) is 16.3. The molecule has 6 heteroatoms. The van der Waals surface area contributed by atoms with E-state index in [0.29, 0.717) is 23.6 Å². The maximum absolute atomic E-state index is 12.1. The smallest absolute Gasteiger partial charge is 0.311 e. The summed E-state index contributed by atoms with van der Waals surface area (Å²) in [7, 11) is 1.46. The largest absolute Gasteiger partial charge is 0.493 e. The number of methoxy groups -OCH3 is 1. The molecule has 6 nitrogen and oxygen atoms in total. The van der Waals surface area contributed by atoms with Crippen molar-refractivity contribution in [2.24, 2.45) is 0 Å². The number of benzene rings is 1. The van der Waals surface area contributed by atoms with E-state index < -0.39 is 0 Å². The van der Waals surface area contributed by atoms with Crippen LogP contribution in [-0.2, 0) is 9.53 Å². The van der Waals surface area contributed by atoms with E-state index in [1.165, 1.54) is 7.11 Å². The van der Waals surface area contributed by atoms with Gasteiger partial charge in [-0.2, -0.15) is 0 Å². The molecule has 1 N–H and O–H groups in total. The fourth-order valence-electron chi connectivity index (χ4n) is 2.20. The van der Waals surface area contributed by atoms with Crippen molar-refractivity contribution in [3.8, 4) is 11.5 Å². The van der Waals surface area contributed by atoms with Crippen LogP contribution in [-0.4, -0.2) is 38.2 Å². The Hall–Kier alpha value is -2.08. The Bertz CT molecular complexity index is 537. The van der Waals surface area contributed by atoms with Crippen LogP contribution < -0.4 is 14.8 Å². The number of nitrogens with one attached hydrogen (secondary N) is 1. The summed E-state index contributed by atoms with van der Waals surface area (Å²) >= 11 is 0. The monoisotopic (exact) mass is 307 g/mol. The van der Waals surface area contributed by atoms with E-state index in [2.05, 4.69) is 5.32 Å². The molecule has 1 aromatic rings. The molecule has 1 aliphatic rings. The lowest BCUT2D eigenvalue weighted by molar-refractivity contribution is -0.134. The van der Waals surface area contributed by atoms with Crippen LogP contribution >= 0.6 is 0 Å². The Labute approximate surface area is 129 Å². The molecule has 0 aliphatic carbocycles. The predicted molar refractivity (Wildman–Crippen MR) is 80.2 cm³/mol. The molecule has 1 atom stereocenters. The van der Waals surface area contributed by atoms with Crippen molar-refractivity contribution in [2.45, 2.75) is 32.3 Å². The lowest BCUT2D eigenvalue weighted by Crippen LogP contribution is -2.31. The van der Waals surface area contributed by atoms with Crippen LogP contribution in [0.3, 0.4) is 0 Å². The molecule has 1 unspecified atom stereocenters. The Morgan fingerprint density at radius 3 is 2.82 bits per heavy atom. The summed E-state index contributed by atoms with van der Waals surface area (Å²) in [5, 5.41) is 2.84. The van der Waals surface area contributed by atoms with E-state index >= 15 is 0 Å². The van der Waals surface area contributed by atoms with Crippen molar-refractivity contribution in [3.05, 3.63) is 23.8 Å². The average Bonchev–Trinajstić information content (AvgIpc) is 3.06. The van der Waals surface area contributed by atoms with Gasteiger partial charge in [-0.15, -0.1) is 0 Å². The van der Waals surface area contributed by atoms with Gasteiger partial charge in [0.25, 0.3) is 5.91 Å². The first-order valence-electron chi connectivity index (χ1n) is 7.42. The second-order valence-corrected chi connectivity index (χ2v) is 5.04. The maximum Gasteiger partial charge on any atom is 0.311 e. The van der Waals surface area contributed by atoms with Gasteiger partial charge in [0.1, 0.15) is 0 Å². The second kappa shape index (κ2) is 7.79. The van der Waals surface area contributed by atoms with E-state index in [-0.39, 0.29) is 24.4 Å². The molecule has 120 valence electrons. The summed E-state index contributed by atoms with van der Waals surface area (Å²) in [5.41, 5.74) is 0.450. The van der Waals surface area contributed by atoms with E-state index in [9.17, 15) is 9.59 Å². The van der Waals surface area contributed by atoms with Crippen molar-refractivity contribution in [3.63, 3.8) is 0 Å². The highest BCUT2D eigenvalue weighted by atomic mass is 16.6. The zero-order valence-corrected chi connectivity index (χ0v) is 12.9. The van der Waals surface area contributed by atoms with Gasteiger partial charge in [0, 0.05) is 25.1 Å². The number of esters is 1. The number of carbonyl (C=O) groups is 2. The van der Waals surface area contributed by atoms with Gasteiger partial charge in [0.2, 0.25) is 0 Å². The summed E-state index contributed by atoms with van der Waals surface area (Å²) in [6, 6.07) is 4.72. The second-order valence-electron chi connectivity index (χ2n) is 5.04. The molecular formula is C16H21NO5. The molecule has 1 heterocycles. The van der Waals surface area contributed by atoms with Crippen LogP contribution in [0.2, 0.25) is 0 Å². The molecule has 0 saturated carbocycles. The van der Waals surface area contributed by atoms with E-state index in [4.69, 9.17) is 14.2 Å². The Morgan fingerprint density at radius 2 is 2.18 bits per heavy atom. The van der Waals surface area contributed by atoms with Crippen LogP contribution in [0.1, 0.15) is 36.5 Å². The third kappa shape index (κ3) is 4.21. The topological polar surface area (TPSA) is 73.9 Å². The molecule has 0 bridgehead atoms. The van der Waals surface area contributed by atoms with Gasteiger partial charge >= 0.3 is 5.97 Å². The molecule has 0 spiro atoms. The quantitative estimate of drug-likeness (QED) is 0.642. The van der Waals surface area contributed by atoms with Gasteiger partial charge in [-0.1, -0.05) is 6.92 Å². The number of hydrogen-bond donors (Lipinski definition) is 1. The number of amides is 1. The molecule has 1 aromatic carbocycles. The molecule has 22 heavy (non-hydrogen) atoms. The molecule has 1 amide bonds. The van der Waals surface area contributed by atoms with Crippen molar-refractivity contribution in [1.82, 2.24) is 5.32 Å². The molecule has 2 rings (SSSR count). The van der Waals surface area contributed by atoms with Crippen molar-refractivity contribution < 1.29 is 23.8 Å². The highest BCUT2D eigenvalue weighted by Gasteiger charge is 2.18. The zero-order valence-electron chi connectivity index (χ0n) is 12.9. The maximum atomic E-state index is 12.1. The number of rotatable bonds is 6. The summed E-state index contributed by atoms with van der Waals surface area (Å²) in [6.07, 6.45) is 2.37. The van der Waals surface area contributed by atoms with Crippen LogP contribution in [0.4, 0.5) is 0 Å². The summed E-state index contributed by atoms with van der Waals surface area (Å²) in [6.45, 7) is 2.96. The van der Waals surface area contributed by atoms with E-state index in [1.807, 2.05) is 0 Å². The standard InChI is InChI=1S/C16H21NO5/c1-3-15(18)22-13-7-6-11(9-14(13)20-2)16(19)17-10-12-5-4-8-21-12/h6-7,9,12H,3-5,8,10H2,1-2H3,(H,17,19). The molecule has 1 fully saturated rings. The summed E-state index contributed by atoms with van der Waals surface area (Å²) in [5.74, 6) is 0.104. The molecular weight excluding hydrogens is 286 g/mol. The van der Waals surface area contributed by atoms with Gasteiger partial charge in [-0.3, -0.25) is 9.59 Å². The van der Waals surface area contributed by atoms with Crippen molar-refractivity contribution in [2.75, 3.05) is 20.3 Å². The molecule has 0 radical (unpaired) electrons. The number of carbonyl (C=O) groups excluding carboxylic acids is 2. The van der Waals surface area contributed by atoms with Gasteiger partial charge in [-0.05, 0) is 31.0 Å². The average molecular weight is 307 g/mol. The van der Waals surface area contributed by atoms with Gasteiger partial charge < -0.3 is 19.5 Å². The first-order chi connectivity index (χ1) is 10.6. The van der Waals surface area contributed by atoms with Crippen molar-refractivity contribution in [1.29, 1.82) is 0 Å². The third-order valence-electron chi connectivity index (χ3n) is 3.45. The Kier molecular flexibility index (Phi) is 5.77. The minimum Gasteiger partial charge on any atom is -0.493 e. The first-order valence-corrected chi connectivity index (χ1v) is 7.42. The van der Waals surface area contributed by atoms with Crippen LogP contribution in [0, 0.1) is 0 Å². The molecule has 1 saturated heterocycles. The van der Waals surface area contributed by atoms with E-state index in [0.717, 1.165) is 19.4 Å². The van der Waals surface area contributed by atoms with E-state index in [1.54, 1.807) is 25.1 Å². The Balaban J connectivity index is 2.01. The lowest BCUT2D eigenvalue weighted by Gasteiger charge is -2.13. The highest BCUT2D eigenvalue weighted by molar-refractivity contribution is 5.95. The highest BCUT2D eigenvalue weighted by Crippen LogP contribution is 2.28. The van der Waals surface area contributed by atoms with Gasteiger partial charge in [0.05, 0.1) is 13.2 Å². The van der Waals surface area contributed by atoms with Crippen LogP contribution in [0.15, 0.2) is 18.2 Å². The number of hydrogen-bond acceptors (Lipinski definition) is 5. The SMILES string of the molecule is CCC(=O)Oc1ccc(C(=O)NCC2CCCO2)cc1OC. The summed E-state index contributed by atoms with van der Waals surface area (Å²) < 4.78 is 15.8. The Morgan fingerprint density at radius 1 is 1.36 bits per heavy atom. The normalized spacial score (nSPS) is 17.1. The fraction of sp³-hybridized carbons (Fsp3) is 0.500. The fourth-order valence-corrected chi connectivity index (χ4v) is 2.20. The minimum absolute atomic E-state index is 0.0932. The molecule has 1 aliphatic heterocycles. The van der Waals surface area contributed by atoms with Gasteiger partial charge in [-0.25, -0.2) is 0 Å². The van der Waals surface area contributed by atoms with Gasteiger partial charge in [0.15, 0.2) is 11.5 Å². The molecule has 0 aromatic heterocycles. The predicted octanol–water partition coefficient (Wildman–Crippen LogP) is 1.92. The van der Waals surface area contributed by atoms with Crippen LogP contribution in [0.5, 0.6) is 11.5 Å². The minimum atomic E-state index is -0.353. The lowest BCUT2D eigenvalue weighted by atomic mass is 10.1. The van der Waals surface area contributed by atoms with Crippen LogP contribution in [0.25, 0.3) is 0 Å². The third-order valence-corrected chi connectivity index (χ3v) is 3.45. The zero-order chi connectivity index (χ0) is 15.9.